The zero-order valence-corrected chi connectivity index (χ0v) is 12.6. The van der Waals surface area contributed by atoms with Crippen molar-refractivity contribution in [1.82, 2.24) is 14.5 Å². The summed E-state index contributed by atoms with van der Waals surface area (Å²) in [5, 5.41) is 4.03. The molecule has 6 nitrogen and oxygen atoms in total. The molecule has 0 saturated heterocycles. The van der Waals surface area contributed by atoms with Crippen molar-refractivity contribution in [2.75, 3.05) is 6.54 Å². The SMILES string of the molecule is Cl.Cn1nccc1S(=O)(=O)NCC1(N)CCCCC1. The Morgan fingerprint density at radius 1 is 1.42 bits per heavy atom. The van der Waals surface area contributed by atoms with Crippen molar-refractivity contribution in [1.29, 1.82) is 0 Å². The molecule has 0 amide bonds. The third kappa shape index (κ3) is 3.92. The van der Waals surface area contributed by atoms with Crippen LogP contribution in [0, 0.1) is 0 Å². The van der Waals surface area contributed by atoms with Crippen LogP contribution in [-0.4, -0.2) is 30.3 Å². The lowest BCUT2D eigenvalue weighted by molar-refractivity contribution is 0.296. The first-order valence-corrected chi connectivity index (χ1v) is 7.68. The Bertz CT molecular complexity index is 509. The zero-order chi connectivity index (χ0) is 13.2. The predicted octanol–water partition coefficient (Wildman–Crippen LogP) is 0.782. The molecule has 0 aromatic carbocycles. The number of halogens is 1. The Hall–Kier alpha value is -0.630. The van der Waals surface area contributed by atoms with E-state index in [9.17, 15) is 8.42 Å². The summed E-state index contributed by atoms with van der Waals surface area (Å²) < 4.78 is 28.1. The fourth-order valence-corrected chi connectivity index (χ4v) is 3.63. The number of sulfonamides is 1. The minimum atomic E-state index is -3.51. The monoisotopic (exact) mass is 308 g/mol. The summed E-state index contributed by atoms with van der Waals surface area (Å²) in [5.41, 5.74) is 5.81. The highest BCUT2D eigenvalue weighted by molar-refractivity contribution is 7.89. The second kappa shape index (κ2) is 6.21. The van der Waals surface area contributed by atoms with Gasteiger partial charge in [-0.2, -0.15) is 5.10 Å². The van der Waals surface area contributed by atoms with E-state index in [4.69, 9.17) is 5.73 Å². The van der Waals surface area contributed by atoms with Gasteiger partial charge in [0, 0.05) is 19.1 Å². The van der Waals surface area contributed by atoms with Gasteiger partial charge in [0.25, 0.3) is 10.0 Å². The van der Waals surface area contributed by atoms with Crippen molar-refractivity contribution in [3.8, 4) is 0 Å². The number of rotatable bonds is 4. The van der Waals surface area contributed by atoms with Gasteiger partial charge in [-0.1, -0.05) is 19.3 Å². The van der Waals surface area contributed by atoms with Gasteiger partial charge in [-0.05, 0) is 18.9 Å². The van der Waals surface area contributed by atoms with Crippen molar-refractivity contribution in [2.45, 2.75) is 42.7 Å². The van der Waals surface area contributed by atoms with Crippen LogP contribution in [0.3, 0.4) is 0 Å². The molecule has 1 heterocycles. The topological polar surface area (TPSA) is 90.0 Å². The summed E-state index contributed by atoms with van der Waals surface area (Å²) in [5.74, 6) is 0. The maximum Gasteiger partial charge on any atom is 0.257 e. The van der Waals surface area contributed by atoms with Crippen molar-refractivity contribution in [3.63, 3.8) is 0 Å². The Balaban J connectivity index is 0.00000180. The third-order valence-electron chi connectivity index (χ3n) is 3.51. The Morgan fingerprint density at radius 3 is 2.58 bits per heavy atom. The van der Waals surface area contributed by atoms with Crippen molar-refractivity contribution in [2.24, 2.45) is 12.8 Å². The first-order valence-electron chi connectivity index (χ1n) is 6.20. The van der Waals surface area contributed by atoms with Crippen LogP contribution >= 0.6 is 12.4 Å². The maximum atomic E-state index is 12.1. The summed E-state index contributed by atoms with van der Waals surface area (Å²) in [6.07, 6.45) is 6.55. The molecule has 1 aliphatic rings. The predicted molar refractivity (Wildman–Crippen MR) is 75.6 cm³/mol. The number of nitrogens with one attached hydrogen (secondary N) is 1. The van der Waals surface area contributed by atoms with Crippen LogP contribution < -0.4 is 10.5 Å². The molecule has 0 aliphatic heterocycles. The van der Waals surface area contributed by atoms with E-state index in [-0.39, 0.29) is 17.4 Å². The fraction of sp³-hybridized carbons (Fsp3) is 0.727. The van der Waals surface area contributed by atoms with Gasteiger partial charge in [0.1, 0.15) is 0 Å². The average molecular weight is 309 g/mol. The fourth-order valence-electron chi connectivity index (χ4n) is 2.37. The molecule has 1 aliphatic carbocycles. The summed E-state index contributed by atoms with van der Waals surface area (Å²) in [4.78, 5) is 0. The van der Waals surface area contributed by atoms with Crippen LogP contribution in [0.15, 0.2) is 17.3 Å². The standard InChI is InChI=1S/C11H20N4O2S.ClH/c1-15-10(5-8-13-15)18(16,17)14-9-11(12)6-3-2-4-7-11;/h5,8,14H,2-4,6-7,9,12H2,1H3;1H. The lowest BCUT2D eigenvalue weighted by atomic mass is 9.83. The van der Waals surface area contributed by atoms with E-state index in [2.05, 4.69) is 9.82 Å². The van der Waals surface area contributed by atoms with Gasteiger partial charge in [0.2, 0.25) is 0 Å². The molecule has 1 aromatic heterocycles. The van der Waals surface area contributed by atoms with E-state index < -0.39 is 15.6 Å². The van der Waals surface area contributed by atoms with E-state index in [1.807, 2.05) is 0 Å². The highest BCUT2D eigenvalue weighted by Gasteiger charge is 2.29. The van der Waals surface area contributed by atoms with Gasteiger partial charge in [0.15, 0.2) is 5.03 Å². The molecule has 1 fully saturated rings. The van der Waals surface area contributed by atoms with E-state index >= 15 is 0 Å². The molecule has 2 rings (SSSR count). The number of aryl methyl sites for hydroxylation is 1. The molecule has 3 N–H and O–H groups in total. The average Bonchev–Trinajstić information content (AvgIpc) is 2.75. The number of hydrogen-bond donors (Lipinski definition) is 2. The van der Waals surface area contributed by atoms with Gasteiger partial charge in [0.05, 0.1) is 6.20 Å². The first kappa shape index (κ1) is 16.4. The Morgan fingerprint density at radius 2 is 2.05 bits per heavy atom. The van der Waals surface area contributed by atoms with Crippen LogP contribution in [0.25, 0.3) is 0 Å². The molecule has 19 heavy (non-hydrogen) atoms. The molecule has 0 atom stereocenters. The van der Waals surface area contributed by atoms with E-state index in [0.29, 0.717) is 6.54 Å². The van der Waals surface area contributed by atoms with Gasteiger partial charge in [-0.3, -0.25) is 4.68 Å². The summed E-state index contributed by atoms with van der Waals surface area (Å²) in [6.45, 7) is 0.292. The van der Waals surface area contributed by atoms with Crippen LogP contribution in [0.2, 0.25) is 0 Å². The second-order valence-electron chi connectivity index (χ2n) is 5.04. The summed E-state index contributed by atoms with van der Waals surface area (Å²) in [7, 11) is -1.91. The molecule has 0 radical (unpaired) electrons. The van der Waals surface area contributed by atoms with Gasteiger partial charge >= 0.3 is 0 Å². The minimum Gasteiger partial charge on any atom is -0.324 e. The molecular formula is C11H21ClN4O2S. The lowest BCUT2D eigenvalue weighted by Gasteiger charge is -2.33. The van der Waals surface area contributed by atoms with Crippen molar-refractivity contribution in [3.05, 3.63) is 12.3 Å². The lowest BCUT2D eigenvalue weighted by Crippen LogP contribution is -2.51. The quantitative estimate of drug-likeness (QED) is 0.860. The van der Waals surface area contributed by atoms with E-state index in [1.54, 1.807) is 7.05 Å². The van der Waals surface area contributed by atoms with E-state index in [0.717, 1.165) is 25.7 Å². The van der Waals surface area contributed by atoms with Crippen LogP contribution in [0.5, 0.6) is 0 Å². The molecule has 1 saturated carbocycles. The normalized spacial score (nSPS) is 18.8. The Labute approximate surface area is 120 Å². The van der Waals surface area contributed by atoms with Crippen LogP contribution in [0.4, 0.5) is 0 Å². The minimum absolute atomic E-state index is 0. The van der Waals surface area contributed by atoms with Crippen molar-refractivity contribution >= 4 is 22.4 Å². The van der Waals surface area contributed by atoms with Crippen LogP contribution in [0.1, 0.15) is 32.1 Å². The maximum absolute atomic E-state index is 12.1. The highest BCUT2D eigenvalue weighted by atomic mass is 35.5. The number of aromatic nitrogens is 2. The molecular weight excluding hydrogens is 288 g/mol. The molecule has 0 spiro atoms. The molecule has 110 valence electrons. The second-order valence-corrected chi connectivity index (χ2v) is 6.75. The molecule has 0 bridgehead atoms. The number of nitrogens with zero attached hydrogens (tertiary/aromatic N) is 2. The molecule has 8 heteroatoms. The van der Waals surface area contributed by atoms with Crippen molar-refractivity contribution < 1.29 is 8.42 Å². The highest BCUT2D eigenvalue weighted by Crippen LogP contribution is 2.25. The Kier molecular flexibility index (Phi) is 5.37. The smallest absolute Gasteiger partial charge is 0.257 e. The zero-order valence-electron chi connectivity index (χ0n) is 11.0. The largest absolute Gasteiger partial charge is 0.324 e. The molecule has 0 unspecified atom stereocenters. The van der Waals surface area contributed by atoms with E-state index in [1.165, 1.54) is 23.4 Å². The summed E-state index contributed by atoms with van der Waals surface area (Å²) >= 11 is 0. The first-order chi connectivity index (χ1) is 8.43. The number of hydrogen-bond acceptors (Lipinski definition) is 4. The third-order valence-corrected chi connectivity index (χ3v) is 4.99. The van der Waals surface area contributed by atoms with Gasteiger partial charge in [-0.25, -0.2) is 13.1 Å². The summed E-state index contributed by atoms with van der Waals surface area (Å²) in [6, 6.07) is 1.48. The van der Waals surface area contributed by atoms with Gasteiger partial charge < -0.3 is 5.73 Å². The van der Waals surface area contributed by atoms with Crippen LogP contribution in [-0.2, 0) is 17.1 Å². The van der Waals surface area contributed by atoms with Gasteiger partial charge in [-0.15, -0.1) is 12.4 Å². The molecule has 1 aromatic rings. The number of nitrogens with two attached hydrogens (primary N) is 1.